The molecule has 21 heavy (non-hydrogen) atoms. The van der Waals surface area contributed by atoms with Crippen LogP contribution < -0.4 is 0 Å². The molecule has 2 rings (SSSR count). The molecule has 0 bridgehead atoms. The Morgan fingerprint density at radius 3 is 2.57 bits per heavy atom. The number of nitrogens with zero attached hydrogens (tertiary/aromatic N) is 1. The van der Waals surface area contributed by atoms with Gasteiger partial charge in [0.05, 0.1) is 4.91 Å². The van der Waals surface area contributed by atoms with Crippen LogP contribution in [0.1, 0.15) is 25.0 Å². The van der Waals surface area contributed by atoms with Gasteiger partial charge < -0.3 is 5.11 Å². The molecule has 1 saturated heterocycles. The number of hydrogen-bond donors (Lipinski definition) is 1. The quantitative estimate of drug-likeness (QED) is 0.682. The van der Waals surface area contributed by atoms with Crippen molar-refractivity contribution < 1.29 is 14.7 Å². The molecule has 0 saturated carbocycles. The fourth-order valence-electron chi connectivity index (χ4n) is 1.93. The zero-order chi connectivity index (χ0) is 15.6. The van der Waals surface area contributed by atoms with Crippen molar-refractivity contribution in [1.82, 2.24) is 4.90 Å². The van der Waals surface area contributed by atoms with E-state index < -0.39 is 12.0 Å². The Morgan fingerprint density at radius 2 is 2.05 bits per heavy atom. The van der Waals surface area contributed by atoms with Gasteiger partial charge in [0, 0.05) is 0 Å². The van der Waals surface area contributed by atoms with Gasteiger partial charge in [0.15, 0.2) is 0 Å². The summed E-state index contributed by atoms with van der Waals surface area (Å²) in [5.41, 5.74) is 2.12. The Hall–Kier alpha value is -1.66. The van der Waals surface area contributed by atoms with E-state index in [4.69, 9.17) is 17.3 Å². The van der Waals surface area contributed by atoms with Crippen LogP contribution in [0.15, 0.2) is 29.2 Å². The number of thioether (sulfide) groups is 1. The first-order valence-electron chi connectivity index (χ1n) is 6.53. The summed E-state index contributed by atoms with van der Waals surface area (Å²) in [4.78, 5) is 24.9. The molecule has 1 aromatic carbocycles. The van der Waals surface area contributed by atoms with E-state index in [2.05, 4.69) is 6.92 Å². The van der Waals surface area contributed by atoms with Gasteiger partial charge in [0.2, 0.25) is 0 Å². The van der Waals surface area contributed by atoms with Crippen molar-refractivity contribution in [3.05, 3.63) is 40.3 Å². The van der Waals surface area contributed by atoms with E-state index in [9.17, 15) is 9.59 Å². The Bertz CT molecular complexity index is 622. The summed E-state index contributed by atoms with van der Waals surface area (Å²) in [5, 5.41) is 9.03. The molecule has 6 heteroatoms. The van der Waals surface area contributed by atoms with Gasteiger partial charge >= 0.3 is 5.97 Å². The van der Waals surface area contributed by atoms with Gasteiger partial charge in [-0.2, -0.15) is 0 Å². The van der Waals surface area contributed by atoms with Crippen molar-refractivity contribution >= 4 is 46.3 Å². The summed E-state index contributed by atoms with van der Waals surface area (Å²) in [6, 6.07) is 6.93. The van der Waals surface area contributed by atoms with Gasteiger partial charge in [-0.05, 0) is 30.5 Å². The number of aryl methyl sites for hydroxylation is 1. The molecule has 110 valence electrons. The molecular weight excluding hydrogens is 306 g/mol. The minimum atomic E-state index is -1.07. The topological polar surface area (TPSA) is 57.6 Å². The molecule has 0 spiro atoms. The maximum Gasteiger partial charge on any atom is 0.326 e. The van der Waals surface area contributed by atoms with Crippen molar-refractivity contribution in [2.45, 2.75) is 26.3 Å². The molecule has 1 amide bonds. The summed E-state index contributed by atoms with van der Waals surface area (Å²) in [6.07, 6.45) is 2.70. The SMILES string of the molecule is CCc1ccc(/C=C2\SC(=S)N(C(C)C(=O)O)C2=O)cc1. The highest BCUT2D eigenvalue weighted by Crippen LogP contribution is 2.33. The first kappa shape index (κ1) is 15.7. The second kappa shape index (κ2) is 6.41. The van der Waals surface area contributed by atoms with Gasteiger partial charge in [-0.1, -0.05) is 55.2 Å². The first-order chi connectivity index (χ1) is 9.93. The van der Waals surface area contributed by atoms with E-state index in [1.807, 2.05) is 24.3 Å². The minimum Gasteiger partial charge on any atom is -0.480 e. The third kappa shape index (κ3) is 3.33. The Balaban J connectivity index is 2.25. The molecule has 1 unspecified atom stereocenters. The van der Waals surface area contributed by atoms with Crippen LogP contribution in [0.3, 0.4) is 0 Å². The predicted molar refractivity (Wildman–Crippen MR) is 87.9 cm³/mol. The summed E-state index contributed by atoms with van der Waals surface area (Å²) in [6.45, 7) is 3.53. The maximum atomic E-state index is 12.3. The lowest BCUT2D eigenvalue weighted by Crippen LogP contribution is -2.41. The summed E-state index contributed by atoms with van der Waals surface area (Å²) >= 11 is 6.25. The van der Waals surface area contributed by atoms with Crippen LogP contribution in [0.2, 0.25) is 0 Å². The van der Waals surface area contributed by atoms with Crippen molar-refractivity contribution in [1.29, 1.82) is 0 Å². The summed E-state index contributed by atoms with van der Waals surface area (Å²) < 4.78 is 0.284. The van der Waals surface area contributed by atoms with E-state index in [-0.39, 0.29) is 10.2 Å². The highest BCUT2D eigenvalue weighted by molar-refractivity contribution is 8.26. The third-order valence-electron chi connectivity index (χ3n) is 3.25. The monoisotopic (exact) mass is 321 g/mol. The average molecular weight is 321 g/mol. The van der Waals surface area contributed by atoms with Gasteiger partial charge in [-0.3, -0.25) is 9.69 Å². The standard InChI is InChI=1S/C15H15NO3S2/c1-3-10-4-6-11(7-5-10)8-12-13(17)16(15(20)21-12)9(2)14(18)19/h4-9H,3H2,1-2H3,(H,18,19)/b12-8-. The van der Waals surface area contributed by atoms with E-state index in [0.29, 0.717) is 4.91 Å². The Labute approximate surface area is 132 Å². The fourth-order valence-corrected chi connectivity index (χ4v) is 3.34. The zero-order valence-corrected chi connectivity index (χ0v) is 13.3. The van der Waals surface area contributed by atoms with E-state index in [1.165, 1.54) is 12.5 Å². The molecule has 0 aromatic heterocycles. The largest absolute Gasteiger partial charge is 0.480 e. The smallest absolute Gasteiger partial charge is 0.326 e. The molecule has 1 atom stereocenters. The summed E-state index contributed by atoms with van der Waals surface area (Å²) in [5.74, 6) is -1.42. The van der Waals surface area contributed by atoms with Gasteiger partial charge in [-0.25, -0.2) is 4.79 Å². The van der Waals surface area contributed by atoms with Crippen LogP contribution in [0.4, 0.5) is 0 Å². The van der Waals surface area contributed by atoms with Crippen LogP contribution in [0.25, 0.3) is 6.08 Å². The molecule has 1 aromatic rings. The average Bonchev–Trinajstić information content (AvgIpc) is 2.73. The minimum absolute atomic E-state index is 0.284. The van der Waals surface area contributed by atoms with Crippen molar-refractivity contribution in [2.24, 2.45) is 0 Å². The lowest BCUT2D eigenvalue weighted by atomic mass is 10.1. The van der Waals surface area contributed by atoms with E-state index in [1.54, 1.807) is 6.08 Å². The molecule has 0 aliphatic carbocycles. The molecule has 1 aliphatic rings. The maximum absolute atomic E-state index is 12.3. The van der Waals surface area contributed by atoms with E-state index >= 15 is 0 Å². The zero-order valence-electron chi connectivity index (χ0n) is 11.7. The molecule has 1 heterocycles. The number of hydrogen-bond acceptors (Lipinski definition) is 4. The van der Waals surface area contributed by atoms with Crippen LogP contribution in [-0.2, 0) is 16.0 Å². The summed E-state index contributed by atoms with van der Waals surface area (Å²) in [7, 11) is 0. The normalized spacial score (nSPS) is 18.4. The number of amides is 1. The molecule has 0 radical (unpaired) electrons. The molecule has 4 nitrogen and oxygen atoms in total. The number of carboxylic acid groups (broad SMARTS) is 1. The molecule has 1 fully saturated rings. The van der Waals surface area contributed by atoms with Gasteiger partial charge in [0.25, 0.3) is 5.91 Å². The second-order valence-electron chi connectivity index (χ2n) is 4.66. The fraction of sp³-hybridized carbons (Fsp3) is 0.267. The van der Waals surface area contributed by atoms with E-state index in [0.717, 1.165) is 28.6 Å². The predicted octanol–water partition coefficient (Wildman–Crippen LogP) is 2.92. The van der Waals surface area contributed by atoms with Crippen molar-refractivity contribution in [2.75, 3.05) is 0 Å². The molecule has 1 N–H and O–H groups in total. The van der Waals surface area contributed by atoms with Gasteiger partial charge in [-0.15, -0.1) is 0 Å². The lowest BCUT2D eigenvalue weighted by Gasteiger charge is -2.18. The Kier molecular flexibility index (Phi) is 4.80. The van der Waals surface area contributed by atoms with Gasteiger partial charge in [0.1, 0.15) is 10.4 Å². The number of carboxylic acids is 1. The highest BCUT2D eigenvalue weighted by Gasteiger charge is 2.38. The Morgan fingerprint density at radius 1 is 1.43 bits per heavy atom. The first-order valence-corrected chi connectivity index (χ1v) is 7.75. The van der Waals surface area contributed by atoms with Crippen LogP contribution in [0.5, 0.6) is 0 Å². The van der Waals surface area contributed by atoms with Crippen molar-refractivity contribution in [3.8, 4) is 0 Å². The lowest BCUT2D eigenvalue weighted by molar-refractivity contribution is -0.144. The third-order valence-corrected chi connectivity index (χ3v) is 4.58. The highest BCUT2D eigenvalue weighted by atomic mass is 32.2. The number of carbonyl (C=O) groups excluding carboxylic acids is 1. The number of aliphatic carboxylic acids is 1. The van der Waals surface area contributed by atoms with Crippen LogP contribution in [-0.4, -0.2) is 32.2 Å². The van der Waals surface area contributed by atoms with Crippen molar-refractivity contribution in [3.63, 3.8) is 0 Å². The van der Waals surface area contributed by atoms with Crippen LogP contribution >= 0.6 is 24.0 Å². The number of benzene rings is 1. The molecule has 1 aliphatic heterocycles. The number of carbonyl (C=O) groups is 2. The van der Waals surface area contributed by atoms with Crippen LogP contribution in [0, 0.1) is 0 Å². The number of thiocarbonyl (C=S) groups is 1. The number of rotatable bonds is 4. The molecular formula is C15H15NO3S2. The second-order valence-corrected chi connectivity index (χ2v) is 6.34.